The first-order chi connectivity index (χ1) is 7.65. The lowest BCUT2D eigenvalue weighted by Gasteiger charge is -2.38. The molecule has 1 aromatic rings. The molecule has 0 saturated carbocycles. The number of aryl methyl sites for hydroxylation is 1. The first kappa shape index (κ1) is 11.7. The third-order valence-corrected chi connectivity index (χ3v) is 4.10. The molecule has 1 atom stereocenters. The molecule has 1 heteroatoms. The maximum Gasteiger partial charge on any atom is -0.00720 e. The summed E-state index contributed by atoms with van der Waals surface area (Å²) in [4.78, 5) is 0. The van der Waals surface area contributed by atoms with Gasteiger partial charge in [-0.1, -0.05) is 38.1 Å². The molecule has 0 aliphatic heterocycles. The Bertz CT molecular complexity index is 354. The molecular weight excluding hydrogens is 194 g/mol. The standard InChI is InChI=1S/C15H23N/c1-15(2,10-11-16)14-9-5-7-12-6-3-4-8-13(12)14/h3-4,6,8,14H,5,7,9-11,16H2,1-2H3. The monoisotopic (exact) mass is 217 g/mol. The molecule has 1 aromatic carbocycles. The van der Waals surface area contributed by atoms with Crippen molar-refractivity contribution < 1.29 is 0 Å². The second-order valence-electron chi connectivity index (χ2n) is 5.67. The lowest BCUT2D eigenvalue weighted by atomic mass is 9.67. The SMILES string of the molecule is CC(C)(CCN)C1CCCc2ccccc21. The predicted octanol–water partition coefficient (Wildman–Crippen LogP) is 3.48. The molecule has 2 rings (SSSR count). The first-order valence-corrected chi connectivity index (χ1v) is 6.43. The summed E-state index contributed by atoms with van der Waals surface area (Å²) in [6, 6.07) is 8.95. The molecule has 0 bridgehead atoms. The van der Waals surface area contributed by atoms with Gasteiger partial charge in [-0.3, -0.25) is 0 Å². The van der Waals surface area contributed by atoms with Gasteiger partial charge < -0.3 is 5.73 Å². The molecule has 2 N–H and O–H groups in total. The summed E-state index contributed by atoms with van der Waals surface area (Å²) in [5.74, 6) is 0.695. The van der Waals surface area contributed by atoms with Crippen LogP contribution >= 0.6 is 0 Å². The van der Waals surface area contributed by atoms with Crippen LogP contribution in [0.3, 0.4) is 0 Å². The van der Waals surface area contributed by atoms with Crippen LogP contribution in [-0.4, -0.2) is 6.54 Å². The Morgan fingerprint density at radius 1 is 1.31 bits per heavy atom. The Kier molecular flexibility index (Phi) is 3.34. The Labute approximate surface area is 99.0 Å². The average molecular weight is 217 g/mol. The molecule has 0 aromatic heterocycles. The van der Waals surface area contributed by atoms with E-state index in [9.17, 15) is 0 Å². The van der Waals surface area contributed by atoms with E-state index in [0.29, 0.717) is 11.3 Å². The summed E-state index contributed by atoms with van der Waals surface area (Å²) in [5.41, 5.74) is 9.22. The van der Waals surface area contributed by atoms with E-state index in [0.717, 1.165) is 13.0 Å². The molecule has 0 heterocycles. The number of hydrogen-bond donors (Lipinski definition) is 1. The van der Waals surface area contributed by atoms with Gasteiger partial charge in [0.1, 0.15) is 0 Å². The summed E-state index contributed by atoms with van der Waals surface area (Å²) in [5, 5.41) is 0. The van der Waals surface area contributed by atoms with Crippen molar-refractivity contribution in [3.05, 3.63) is 35.4 Å². The van der Waals surface area contributed by atoms with Crippen molar-refractivity contribution in [2.75, 3.05) is 6.54 Å². The van der Waals surface area contributed by atoms with E-state index in [-0.39, 0.29) is 0 Å². The van der Waals surface area contributed by atoms with E-state index < -0.39 is 0 Å². The van der Waals surface area contributed by atoms with Gasteiger partial charge in [0.25, 0.3) is 0 Å². The molecule has 1 nitrogen and oxygen atoms in total. The minimum absolute atomic E-state index is 0.339. The fourth-order valence-corrected chi connectivity index (χ4v) is 3.11. The van der Waals surface area contributed by atoms with E-state index in [1.54, 1.807) is 11.1 Å². The zero-order chi connectivity index (χ0) is 11.6. The van der Waals surface area contributed by atoms with Gasteiger partial charge in [0, 0.05) is 0 Å². The summed E-state index contributed by atoms with van der Waals surface area (Å²) in [6.07, 6.45) is 5.02. The smallest absolute Gasteiger partial charge is 0.00720 e. The molecule has 88 valence electrons. The lowest BCUT2D eigenvalue weighted by Crippen LogP contribution is -2.28. The molecule has 0 fully saturated rings. The first-order valence-electron chi connectivity index (χ1n) is 6.43. The van der Waals surface area contributed by atoms with Crippen molar-refractivity contribution in [3.63, 3.8) is 0 Å². The van der Waals surface area contributed by atoms with Crippen molar-refractivity contribution in [1.82, 2.24) is 0 Å². The summed E-state index contributed by atoms with van der Waals surface area (Å²) in [6.45, 7) is 5.53. The second kappa shape index (κ2) is 4.58. The highest BCUT2D eigenvalue weighted by Crippen LogP contribution is 2.45. The topological polar surface area (TPSA) is 26.0 Å². The third kappa shape index (κ3) is 2.15. The fraction of sp³-hybridized carbons (Fsp3) is 0.600. The van der Waals surface area contributed by atoms with Crippen LogP contribution in [0.25, 0.3) is 0 Å². The van der Waals surface area contributed by atoms with Crippen LogP contribution in [0.2, 0.25) is 0 Å². The maximum atomic E-state index is 5.74. The summed E-state index contributed by atoms with van der Waals surface area (Å²) in [7, 11) is 0. The van der Waals surface area contributed by atoms with Crippen LogP contribution < -0.4 is 5.73 Å². The quantitative estimate of drug-likeness (QED) is 0.824. The minimum Gasteiger partial charge on any atom is -0.330 e. The van der Waals surface area contributed by atoms with E-state index in [4.69, 9.17) is 5.73 Å². The predicted molar refractivity (Wildman–Crippen MR) is 69.6 cm³/mol. The van der Waals surface area contributed by atoms with Gasteiger partial charge in [0.15, 0.2) is 0 Å². The molecule has 1 aliphatic carbocycles. The van der Waals surface area contributed by atoms with Crippen LogP contribution in [-0.2, 0) is 6.42 Å². The largest absolute Gasteiger partial charge is 0.330 e. The van der Waals surface area contributed by atoms with Crippen molar-refractivity contribution in [2.24, 2.45) is 11.1 Å². The highest BCUT2D eigenvalue weighted by molar-refractivity contribution is 5.33. The Morgan fingerprint density at radius 2 is 2.06 bits per heavy atom. The van der Waals surface area contributed by atoms with Crippen LogP contribution in [0, 0.1) is 5.41 Å². The summed E-state index contributed by atoms with van der Waals surface area (Å²) >= 11 is 0. The number of rotatable bonds is 3. The highest BCUT2D eigenvalue weighted by atomic mass is 14.5. The fourth-order valence-electron chi connectivity index (χ4n) is 3.11. The van der Waals surface area contributed by atoms with Crippen LogP contribution in [0.1, 0.15) is 50.2 Å². The van der Waals surface area contributed by atoms with Crippen molar-refractivity contribution in [2.45, 2.75) is 45.4 Å². The lowest BCUT2D eigenvalue weighted by molar-refractivity contribution is 0.243. The van der Waals surface area contributed by atoms with E-state index in [1.165, 1.54) is 19.3 Å². The van der Waals surface area contributed by atoms with Crippen molar-refractivity contribution in [1.29, 1.82) is 0 Å². The van der Waals surface area contributed by atoms with Gasteiger partial charge in [-0.25, -0.2) is 0 Å². The van der Waals surface area contributed by atoms with Gasteiger partial charge in [-0.2, -0.15) is 0 Å². The molecule has 1 unspecified atom stereocenters. The number of benzene rings is 1. The van der Waals surface area contributed by atoms with Crippen molar-refractivity contribution in [3.8, 4) is 0 Å². The zero-order valence-electron chi connectivity index (χ0n) is 10.5. The van der Waals surface area contributed by atoms with Gasteiger partial charge >= 0.3 is 0 Å². The van der Waals surface area contributed by atoms with Crippen LogP contribution in [0.5, 0.6) is 0 Å². The van der Waals surface area contributed by atoms with Gasteiger partial charge in [0.2, 0.25) is 0 Å². The Hall–Kier alpha value is -0.820. The molecule has 1 aliphatic rings. The molecule has 0 radical (unpaired) electrons. The zero-order valence-corrected chi connectivity index (χ0v) is 10.5. The third-order valence-electron chi connectivity index (χ3n) is 4.10. The van der Waals surface area contributed by atoms with Gasteiger partial charge in [-0.15, -0.1) is 0 Å². The Balaban J connectivity index is 2.31. The molecule has 0 spiro atoms. The number of fused-ring (bicyclic) bond motifs is 1. The molecule has 0 saturated heterocycles. The van der Waals surface area contributed by atoms with E-state index >= 15 is 0 Å². The van der Waals surface area contributed by atoms with Gasteiger partial charge in [-0.05, 0) is 54.7 Å². The van der Waals surface area contributed by atoms with E-state index in [1.807, 2.05) is 0 Å². The van der Waals surface area contributed by atoms with Crippen LogP contribution in [0.4, 0.5) is 0 Å². The van der Waals surface area contributed by atoms with Gasteiger partial charge in [0.05, 0.1) is 0 Å². The van der Waals surface area contributed by atoms with E-state index in [2.05, 4.69) is 38.1 Å². The Morgan fingerprint density at radius 3 is 2.81 bits per heavy atom. The maximum absolute atomic E-state index is 5.74. The van der Waals surface area contributed by atoms with Crippen LogP contribution in [0.15, 0.2) is 24.3 Å². The highest BCUT2D eigenvalue weighted by Gasteiger charge is 2.32. The number of nitrogens with two attached hydrogens (primary N) is 1. The molecule has 16 heavy (non-hydrogen) atoms. The number of hydrogen-bond acceptors (Lipinski definition) is 1. The normalized spacial score (nSPS) is 20.6. The minimum atomic E-state index is 0.339. The average Bonchev–Trinajstić information content (AvgIpc) is 2.28. The molecular formula is C15H23N. The second-order valence-corrected chi connectivity index (χ2v) is 5.67. The summed E-state index contributed by atoms with van der Waals surface area (Å²) < 4.78 is 0. The van der Waals surface area contributed by atoms with Crippen molar-refractivity contribution >= 4 is 0 Å². The molecule has 0 amide bonds.